The molecule has 8 nitrogen and oxygen atoms in total. The maximum atomic E-state index is 12.0. The Morgan fingerprint density at radius 2 is 1.87 bits per heavy atom. The second-order valence-electron chi connectivity index (χ2n) is 4.73. The number of carbonyl (C=O) groups is 3. The molecule has 23 heavy (non-hydrogen) atoms. The van der Waals surface area contributed by atoms with Crippen molar-refractivity contribution in [2.45, 2.75) is 20.4 Å². The lowest BCUT2D eigenvalue weighted by molar-refractivity contribution is -0.118. The quantitative estimate of drug-likeness (QED) is 0.873. The number of benzene rings is 1. The normalized spacial score (nSPS) is 10.2. The molecule has 0 aliphatic heterocycles. The van der Waals surface area contributed by atoms with Crippen molar-refractivity contribution in [3.63, 3.8) is 0 Å². The van der Waals surface area contributed by atoms with Gasteiger partial charge in [-0.25, -0.2) is 4.68 Å². The number of amides is 3. The Labute approximate surface area is 136 Å². The van der Waals surface area contributed by atoms with Crippen LogP contribution in [-0.2, 0) is 16.1 Å². The maximum absolute atomic E-state index is 12.0. The molecule has 0 saturated carbocycles. The van der Waals surface area contributed by atoms with Crippen molar-refractivity contribution in [3.05, 3.63) is 40.5 Å². The number of hydrogen-bond acceptors (Lipinski definition) is 5. The fourth-order valence-electron chi connectivity index (χ4n) is 1.87. The SMILES string of the molecule is CC(=O)NC(=O)c1nnn(Cc2ccccc2Cl)c1NC(C)=O. The van der Waals surface area contributed by atoms with Gasteiger partial charge in [0, 0.05) is 18.9 Å². The zero-order chi connectivity index (χ0) is 17.0. The van der Waals surface area contributed by atoms with Crippen LogP contribution >= 0.6 is 11.6 Å². The Kier molecular flexibility index (Phi) is 5.07. The molecule has 0 spiro atoms. The van der Waals surface area contributed by atoms with E-state index >= 15 is 0 Å². The third kappa shape index (κ3) is 4.13. The first-order valence-corrected chi connectivity index (χ1v) is 7.02. The van der Waals surface area contributed by atoms with Gasteiger partial charge in [-0.05, 0) is 11.6 Å². The van der Waals surface area contributed by atoms with E-state index in [-0.39, 0.29) is 18.1 Å². The first kappa shape index (κ1) is 16.6. The van der Waals surface area contributed by atoms with E-state index in [1.165, 1.54) is 18.5 Å². The van der Waals surface area contributed by atoms with Crippen LogP contribution < -0.4 is 10.6 Å². The summed E-state index contributed by atoms with van der Waals surface area (Å²) in [4.78, 5) is 34.4. The van der Waals surface area contributed by atoms with Crippen LogP contribution in [0, 0.1) is 0 Å². The van der Waals surface area contributed by atoms with E-state index in [2.05, 4.69) is 20.9 Å². The minimum Gasteiger partial charge on any atom is -0.309 e. The predicted molar refractivity (Wildman–Crippen MR) is 83.0 cm³/mol. The van der Waals surface area contributed by atoms with Gasteiger partial charge in [-0.15, -0.1) is 5.10 Å². The lowest BCUT2D eigenvalue weighted by Crippen LogP contribution is -2.29. The molecule has 0 fully saturated rings. The lowest BCUT2D eigenvalue weighted by atomic mass is 10.2. The zero-order valence-corrected chi connectivity index (χ0v) is 13.2. The number of nitrogens with zero attached hydrogens (tertiary/aromatic N) is 3. The Hall–Kier alpha value is -2.74. The number of carbonyl (C=O) groups excluding carboxylic acids is 3. The topological polar surface area (TPSA) is 106 Å². The lowest BCUT2D eigenvalue weighted by Gasteiger charge is -2.09. The van der Waals surface area contributed by atoms with Crippen LogP contribution in [0.4, 0.5) is 5.82 Å². The predicted octanol–water partition coefficient (Wildman–Crippen LogP) is 1.21. The molecule has 9 heteroatoms. The van der Waals surface area contributed by atoms with E-state index in [0.717, 1.165) is 5.56 Å². The van der Waals surface area contributed by atoms with E-state index in [4.69, 9.17) is 11.6 Å². The Morgan fingerprint density at radius 3 is 2.48 bits per heavy atom. The van der Waals surface area contributed by atoms with Gasteiger partial charge in [0.2, 0.25) is 11.8 Å². The van der Waals surface area contributed by atoms with Gasteiger partial charge < -0.3 is 5.32 Å². The van der Waals surface area contributed by atoms with E-state index in [0.29, 0.717) is 5.02 Å². The van der Waals surface area contributed by atoms with Crippen LogP contribution in [0.3, 0.4) is 0 Å². The van der Waals surface area contributed by atoms with Crippen LogP contribution in [0.25, 0.3) is 0 Å². The largest absolute Gasteiger partial charge is 0.309 e. The summed E-state index contributed by atoms with van der Waals surface area (Å²) in [5.41, 5.74) is 0.589. The molecule has 1 aromatic heterocycles. The van der Waals surface area contributed by atoms with Crippen molar-refractivity contribution in [2.75, 3.05) is 5.32 Å². The van der Waals surface area contributed by atoms with Crippen LogP contribution in [0.5, 0.6) is 0 Å². The number of halogens is 1. The molecule has 0 saturated heterocycles. The zero-order valence-electron chi connectivity index (χ0n) is 12.5. The molecule has 1 aromatic carbocycles. The van der Waals surface area contributed by atoms with Crippen LogP contribution in [0.15, 0.2) is 24.3 Å². The molecule has 2 N–H and O–H groups in total. The highest BCUT2D eigenvalue weighted by molar-refractivity contribution is 6.31. The summed E-state index contributed by atoms with van der Waals surface area (Å²) in [6, 6.07) is 7.10. The maximum Gasteiger partial charge on any atom is 0.282 e. The highest BCUT2D eigenvalue weighted by Crippen LogP contribution is 2.19. The van der Waals surface area contributed by atoms with Gasteiger partial charge in [0.05, 0.1) is 6.54 Å². The summed E-state index contributed by atoms with van der Waals surface area (Å²) in [5, 5.41) is 12.7. The molecule has 1 heterocycles. The molecule has 0 aliphatic rings. The van der Waals surface area contributed by atoms with Crippen molar-refractivity contribution in [1.82, 2.24) is 20.3 Å². The van der Waals surface area contributed by atoms with Crippen molar-refractivity contribution in [3.8, 4) is 0 Å². The average molecular weight is 336 g/mol. The van der Waals surface area contributed by atoms with Gasteiger partial charge in [0.1, 0.15) is 0 Å². The standard InChI is InChI=1S/C14H14ClN5O3/c1-8(21)16-13-12(14(23)17-9(2)22)18-19-20(13)7-10-5-3-4-6-11(10)15/h3-6H,7H2,1-2H3,(H,16,21)(H,17,22,23). The summed E-state index contributed by atoms with van der Waals surface area (Å²) in [5.74, 6) is -1.59. The van der Waals surface area contributed by atoms with E-state index < -0.39 is 17.7 Å². The van der Waals surface area contributed by atoms with E-state index in [9.17, 15) is 14.4 Å². The highest BCUT2D eigenvalue weighted by atomic mass is 35.5. The molecular weight excluding hydrogens is 322 g/mol. The molecule has 2 aromatic rings. The van der Waals surface area contributed by atoms with Gasteiger partial charge in [-0.2, -0.15) is 0 Å². The number of hydrogen-bond donors (Lipinski definition) is 2. The van der Waals surface area contributed by atoms with Gasteiger partial charge >= 0.3 is 0 Å². The van der Waals surface area contributed by atoms with Crippen molar-refractivity contribution in [1.29, 1.82) is 0 Å². The molecule has 0 aliphatic carbocycles. The van der Waals surface area contributed by atoms with Crippen molar-refractivity contribution in [2.24, 2.45) is 0 Å². The number of anilines is 1. The Bertz CT molecular complexity index is 772. The van der Waals surface area contributed by atoms with Crippen molar-refractivity contribution >= 4 is 35.1 Å². The average Bonchev–Trinajstić information content (AvgIpc) is 2.83. The van der Waals surface area contributed by atoms with Crippen LogP contribution in [0.2, 0.25) is 5.02 Å². The molecule has 2 rings (SSSR count). The minimum atomic E-state index is -0.744. The third-order valence-corrected chi connectivity index (χ3v) is 3.18. The fourth-order valence-corrected chi connectivity index (χ4v) is 2.07. The smallest absolute Gasteiger partial charge is 0.282 e. The second kappa shape index (κ2) is 7.01. The molecule has 0 unspecified atom stereocenters. The molecular formula is C14H14ClN5O3. The molecule has 120 valence electrons. The monoisotopic (exact) mass is 335 g/mol. The second-order valence-corrected chi connectivity index (χ2v) is 5.13. The van der Waals surface area contributed by atoms with E-state index in [1.807, 2.05) is 0 Å². The number of rotatable bonds is 4. The summed E-state index contributed by atoms with van der Waals surface area (Å²) in [6.07, 6.45) is 0. The molecule has 0 bridgehead atoms. The first-order valence-electron chi connectivity index (χ1n) is 6.65. The summed E-state index contributed by atoms with van der Waals surface area (Å²) in [7, 11) is 0. The Balaban J connectivity index is 2.38. The van der Waals surface area contributed by atoms with Crippen molar-refractivity contribution < 1.29 is 14.4 Å². The van der Waals surface area contributed by atoms with Gasteiger partial charge in [0.15, 0.2) is 11.5 Å². The molecule has 3 amide bonds. The van der Waals surface area contributed by atoms with Gasteiger partial charge in [0.25, 0.3) is 5.91 Å². The van der Waals surface area contributed by atoms with E-state index in [1.54, 1.807) is 24.3 Å². The Morgan fingerprint density at radius 1 is 1.17 bits per heavy atom. The minimum absolute atomic E-state index is 0.0937. The number of nitrogens with one attached hydrogen (secondary N) is 2. The van der Waals surface area contributed by atoms with Crippen LogP contribution in [-0.4, -0.2) is 32.7 Å². The molecule has 0 atom stereocenters. The third-order valence-electron chi connectivity index (χ3n) is 2.81. The van der Waals surface area contributed by atoms with Gasteiger partial charge in [-0.1, -0.05) is 35.0 Å². The first-order chi connectivity index (χ1) is 10.9. The summed E-state index contributed by atoms with van der Waals surface area (Å²) < 4.78 is 1.33. The summed E-state index contributed by atoms with van der Waals surface area (Å²) >= 11 is 6.10. The summed E-state index contributed by atoms with van der Waals surface area (Å²) in [6.45, 7) is 2.69. The fraction of sp³-hybridized carbons (Fsp3) is 0.214. The molecule has 0 radical (unpaired) electrons. The highest BCUT2D eigenvalue weighted by Gasteiger charge is 2.22. The van der Waals surface area contributed by atoms with Crippen LogP contribution in [0.1, 0.15) is 29.9 Å². The van der Waals surface area contributed by atoms with Gasteiger partial charge in [-0.3, -0.25) is 19.7 Å². The number of aromatic nitrogens is 3. The number of imide groups is 1.